The smallest absolute Gasteiger partial charge is 0.264 e. The third kappa shape index (κ3) is 7.07. The molecule has 1 N–H and O–H groups in total. The van der Waals surface area contributed by atoms with E-state index in [0.29, 0.717) is 6.54 Å². The van der Waals surface area contributed by atoms with Gasteiger partial charge in [-0.05, 0) is 50.1 Å². The van der Waals surface area contributed by atoms with Gasteiger partial charge in [0.1, 0.15) is 12.6 Å². The zero-order valence-electron chi connectivity index (χ0n) is 21.5. The highest BCUT2D eigenvalue weighted by atomic mass is 35.5. The largest absolute Gasteiger partial charge is 0.354 e. The van der Waals surface area contributed by atoms with Crippen molar-refractivity contribution in [3.63, 3.8) is 0 Å². The minimum Gasteiger partial charge on any atom is -0.354 e. The lowest BCUT2D eigenvalue weighted by atomic mass is 10.1. The molecule has 3 aromatic rings. The van der Waals surface area contributed by atoms with Crippen LogP contribution in [0.15, 0.2) is 77.7 Å². The number of hydrogen-bond donors (Lipinski definition) is 1. The Morgan fingerprint density at radius 1 is 0.974 bits per heavy atom. The van der Waals surface area contributed by atoms with Crippen LogP contribution in [0.5, 0.6) is 0 Å². The number of carbonyl (C=O) groups excluding carboxylic acids is 2. The maximum Gasteiger partial charge on any atom is 0.264 e. The van der Waals surface area contributed by atoms with Gasteiger partial charge in [-0.2, -0.15) is 0 Å². The summed E-state index contributed by atoms with van der Waals surface area (Å²) in [6, 6.07) is 19.1. The van der Waals surface area contributed by atoms with E-state index in [1.165, 1.54) is 29.2 Å². The Morgan fingerprint density at radius 3 is 2.32 bits per heavy atom. The minimum atomic E-state index is -4.22. The monoisotopic (exact) mass is 575 g/mol. The second-order valence-electron chi connectivity index (χ2n) is 8.88. The lowest BCUT2D eigenvalue weighted by molar-refractivity contribution is -0.139. The molecule has 38 heavy (non-hydrogen) atoms. The van der Waals surface area contributed by atoms with E-state index in [1.54, 1.807) is 31.2 Å². The molecule has 0 radical (unpaired) electrons. The van der Waals surface area contributed by atoms with Gasteiger partial charge in [-0.3, -0.25) is 13.9 Å². The number of nitrogens with one attached hydrogen (secondary N) is 1. The van der Waals surface area contributed by atoms with E-state index in [4.69, 9.17) is 23.2 Å². The van der Waals surface area contributed by atoms with Crippen molar-refractivity contribution in [3.05, 3.63) is 94.0 Å². The van der Waals surface area contributed by atoms with Crippen molar-refractivity contribution in [2.75, 3.05) is 17.4 Å². The van der Waals surface area contributed by atoms with Crippen molar-refractivity contribution < 1.29 is 18.0 Å². The van der Waals surface area contributed by atoms with Crippen molar-refractivity contribution in [1.29, 1.82) is 0 Å². The molecule has 0 bridgehead atoms. The summed E-state index contributed by atoms with van der Waals surface area (Å²) < 4.78 is 28.5. The van der Waals surface area contributed by atoms with E-state index in [1.807, 2.05) is 38.1 Å². The average molecular weight is 577 g/mol. The van der Waals surface area contributed by atoms with Crippen LogP contribution in [0.4, 0.5) is 5.69 Å². The van der Waals surface area contributed by atoms with Crippen molar-refractivity contribution >= 4 is 50.7 Å². The number of nitrogens with zero attached hydrogens (tertiary/aromatic N) is 2. The Labute approximate surface area is 234 Å². The first-order valence-corrected chi connectivity index (χ1v) is 14.4. The van der Waals surface area contributed by atoms with Gasteiger partial charge in [-0.25, -0.2) is 8.42 Å². The highest BCUT2D eigenvalue weighted by Crippen LogP contribution is 2.35. The van der Waals surface area contributed by atoms with E-state index < -0.39 is 28.5 Å². The van der Waals surface area contributed by atoms with E-state index in [-0.39, 0.29) is 33.1 Å². The van der Waals surface area contributed by atoms with E-state index in [2.05, 4.69) is 5.32 Å². The van der Waals surface area contributed by atoms with Crippen LogP contribution in [0.2, 0.25) is 10.0 Å². The number of carbonyl (C=O) groups is 2. The van der Waals surface area contributed by atoms with Crippen LogP contribution in [0.1, 0.15) is 31.4 Å². The highest BCUT2D eigenvalue weighted by molar-refractivity contribution is 7.92. The molecule has 0 spiro atoms. The fraction of sp³-hybridized carbons (Fsp3) is 0.286. The predicted molar refractivity (Wildman–Crippen MR) is 152 cm³/mol. The summed E-state index contributed by atoms with van der Waals surface area (Å²) in [5, 5.41) is 2.97. The summed E-state index contributed by atoms with van der Waals surface area (Å²) in [5.74, 6) is -0.896. The van der Waals surface area contributed by atoms with Crippen LogP contribution in [0.25, 0.3) is 0 Å². The van der Waals surface area contributed by atoms with Gasteiger partial charge in [-0.15, -0.1) is 0 Å². The average Bonchev–Trinajstić information content (AvgIpc) is 2.90. The van der Waals surface area contributed by atoms with Crippen LogP contribution in [0, 0.1) is 6.92 Å². The summed E-state index contributed by atoms with van der Waals surface area (Å²) in [5.41, 5.74) is 1.87. The molecule has 1 unspecified atom stereocenters. The summed E-state index contributed by atoms with van der Waals surface area (Å²) in [6.45, 7) is 5.48. The molecule has 2 amide bonds. The SMILES string of the molecule is CCCNC(=O)C(C)N(Cc1cccc(C)c1)C(=O)CN(c1cccc(Cl)c1Cl)S(=O)(=O)c1ccccc1. The number of sulfonamides is 1. The molecule has 0 aromatic heterocycles. The Kier molecular flexibility index (Phi) is 10.2. The number of rotatable bonds is 11. The Balaban J connectivity index is 2.05. The standard InChI is InChI=1S/C28H31Cl2N3O4S/c1-4-16-31-28(35)21(3)32(18-22-11-8-10-20(2)17-22)26(34)19-33(25-15-9-14-24(29)27(25)30)38(36,37)23-12-6-5-7-13-23/h5-15,17,21H,4,16,18-19H2,1-3H3,(H,31,35). The molecule has 0 saturated heterocycles. The molecule has 0 aliphatic rings. The van der Waals surface area contributed by atoms with E-state index in [9.17, 15) is 18.0 Å². The molecule has 0 saturated carbocycles. The molecular weight excluding hydrogens is 545 g/mol. The third-order valence-corrected chi connectivity index (χ3v) is 8.54. The second-order valence-corrected chi connectivity index (χ2v) is 11.5. The quantitative estimate of drug-likeness (QED) is 0.330. The van der Waals surface area contributed by atoms with Crippen LogP contribution in [-0.4, -0.2) is 44.3 Å². The molecule has 10 heteroatoms. The topological polar surface area (TPSA) is 86.8 Å². The van der Waals surface area contributed by atoms with E-state index >= 15 is 0 Å². The zero-order valence-corrected chi connectivity index (χ0v) is 23.9. The first kappa shape index (κ1) is 29.5. The van der Waals surface area contributed by atoms with Crippen molar-refractivity contribution in [2.45, 2.75) is 44.7 Å². The summed E-state index contributed by atoms with van der Waals surface area (Å²) in [6.07, 6.45) is 0.737. The second kappa shape index (κ2) is 13.1. The number of aryl methyl sites for hydroxylation is 1. The highest BCUT2D eigenvalue weighted by Gasteiger charge is 2.33. The van der Waals surface area contributed by atoms with Crippen molar-refractivity contribution in [1.82, 2.24) is 10.2 Å². The van der Waals surface area contributed by atoms with Gasteiger partial charge in [0.25, 0.3) is 10.0 Å². The van der Waals surface area contributed by atoms with Gasteiger partial charge in [0.15, 0.2) is 0 Å². The number of halogens is 2. The normalized spacial score (nSPS) is 12.0. The van der Waals surface area contributed by atoms with Crippen LogP contribution >= 0.6 is 23.2 Å². The number of anilines is 1. The third-order valence-electron chi connectivity index (χ3n) is 5.96. The van der Waals surface area contributed by atoms with Gasteiger partial charge in [0.2, 0.25) is 11.8 Å². The molecule has 3 aromatic carbocycles. The molecule has 202 valence electrons. The Morgan fingerprint density at radius 2 is 1.66 bits per heavy atom. The van der Waals surface area contributed by atoms with Gasteiger partial charge in [-0.1, -0.05) is 84.2 Å². The predicted octanol–water partition coefficient (Wildman–Crippen LogP) is 5.44. The summed E-state index contributed by atoms with van der Waals surface area (Å²) >= 11 is 12.6. The maximum absolute atomic E-state index is 13.9. The molecule has 1 atom stereocenters. The molecule has 0 aliphatic carbocycles. The first-order valence-electron chi connectivity index (χ1n) is 12.2. The number of amides is 2. The molecule has 0 heterocycles. The van der Waals surface area contributed by atoms with Gasteiger partial charge >= 0.3 is 0 Å². The van der Waals surface area contributed by atoms with Crippen LogP contribution in [0.3, 0.4) is 0 Å². The molecular formula is C28H31Cl2N3O4S. The van der Waals surface area contributed by atoms with Crippen molar-refractivity contribution in [3.8, 4) is 0 Å². The molecule has 0 aliphatic heterocycles. The first-order chi connectivity index (χ1) is 18.1. The number of hydrogen-bond acceptors (Lipinski definition) is 4. The summed E-state index contributed by atoms with van der Waals surface area (Å²) in [7, 11) is -4.22. The Bertz CT molecular complexity index is 1380. The van der Waals surface area contributed by atoms with Gasteiger partial charge in [0, 0.05) is 13.1 Å². The van der Waals surface area contributed by atoms with Gasteiger partial charge in [0.05, 0.1) is 20.6 Å². The lowest BCUT2D eigenvalue weighted by Crippen LogP contribution is -2.51. The number of benzene rings is 3. The zero-order chi connectivity index (χ0) is 27.9. The fourth-order valence-corrected chi connectivity index (χ4v) is 5.80. The maximum atomic E-state index is 13.9. The van der Waals surface area contributed by atoms with Crippen molar-refractivity contribution in [2.24, 2.45) is 0 Å². The Hall–Kier alpha value is -3.07. The lowest BCUT2D eigenvalue weighted by Gasteiger charge is -2.32. The minimum absolute atomic E-state index is 0.000411. The molecule has 0 fully saturated rings. The van der Waals surface area contributed by atoms with Gasteiger partial charge < -0.3 is 10.2 Å². The van der Waals surface area contributed by atoms with E-state index in [0.717, 1.165) is 21.9 Å². The van der Waals surface area contributed by atoms with Crippen LogP contribution < -0.4 is 9.62 Å². The molecule has 7 nitrogen and oxygen atoms in total. The molecule has 3 rings (SSSR count). The fourth-order valence-electron chi connectivity index (χ4n) is 3.90. The summed E-state index contributed by atoms with van der Waals surface area (Å²) in [4.78, 5) is 28.1. The van der Waals surface area contributed by atoms with Crippen LogP contribution in [-0.2, 0) is 26.2 Å².